The lowest BCUT2D eigenvalue weighted by Crippen LogP contribution is -2.54. The van der Waals surface area contributed by atoms with Crippen LogP contribution in [0.5, 0.6) is 5.75 Å². The van der Waals surface area contributed by atoms with E-state index in [4.69, 9.17) is 17.0 Å². The molecule has 1 heterocycles. The molecule has 1 fully saturated rings. The number of thiocarbonyl (C=S) groups is 1. The molecule has 0 atom stereocenters. The van der Waals surface area contributed by atoms with Crippen LogP contribution in [0.2, 0.25) is 0 Å². The number of benzene rings is 3. The summed E-state index contributed by atoms with van der Waals surface area (Å²) < 4.78 is 5.47. The standard InChI is InChI=1S/C22H16N2O3S/c1-27-19-12-11-14-7-5-6-10-16(14)17(19)13-18-20(25)23-22(28)24(21(18)26)15-8-3-2-4-9-15/h2-13H,1H3,(H,23,25,28)/b18-13-. The SMILES string of the molecule is COc1ccc2ccccc2c1/C=C1/C(=O)NC(=S)N(c2ccccc2)C1=O. The minimum atomic E-state index is -0.530. The molecule has 28 heavy (non-hydrogen) atoms. The van der Waals surface area contributed by atoms with Crippen molar-refractivity contribution in [2.24, 2.45) is 0 Å². The number of nitrogens with one attached hydrogen (secondary N) is 1. The topological polar surface area (TPSA) is 58.6 Å². The molecule has 0 bridgehead atoms. The van der Waals surface area contributed by atoms with Crippen molar-refractivity contribution < 1.29 is 14.3 Å². The lowest BCUT2D eigenvalue weighted by Gasteiger charge is -2.29. The molecule has 2 amide bonds. The number of anilines is 1. The first kappa shape index (κ1) is 17.9. The van der Waals surface area contributed by atoms with Crippen LogP contribution in [-0.2, 0) is 9.59 Å². The average Bonchev–Trinajstić information content (AvgIpc) is 2.71. The summed E-state index contributed by atoms with van der Waals surface area (Å²) in [5, 5.41) is 4.53. The van der Waals surface area contributed by atoms with Gasteiger partial charge in [-0.3, -0.25) is 19.8 Å². The fourth-order valence-corrected chi connectivity index (χ4v) is 3.50. The largest absolute Gasteiger partial charge is 0.496 e. The van der Waals surface area contributed by atoms with Gasteiger partial charge in [-0.1, -0.05) is 48.5 Å². The fourth-order valence-electron chi connectivity index (χ4n) is 3.22. The summed E-state index contributed by atoms with van der Waals surface area (Å²) in [6.45, 7) is 0. The molecule has 4 rings (SSSR count). The van der Waals surface area contributed by atoms with Crippen LogP contribution < -0.4 is 15.0 Å². The van der Waals surface area contributed by atoms with Gasteiger partial charge >= 0.3 is 0 Å². The molecule has 5 nitrogen and oxygen atoms in total. The van der Waals surface area contributed by atoms with E-state index >= 15 is 0 Å². The van der Waals surface area contributed by atoms with Gasteiger partial charge in [-0.2, -0.15) is 0 Å². The highest BCUT2D eigenvalue weighted by Gasteiger charge is 2.34. The Bertz CT molecular complexity index is 1140. The first-order valence-corrected chi connectivity index (χ1v) is 9.03. The molecule has 6 heteroatoms. The third kappa shape index (κ3) is 3.04. The van der Waals surface area contributed by atoms with E-state index in [0.29, 0.717) is 17.0 Å². The maximum Gasteiger partial charge on any atom is 0.270 e. The summed E-state index contributed by atoms with van der Waals surface area (Å²) in [6.07, 6.45) is 1.57. The number of rotatable bonds is 3. The minimum absolute atomic E-state index is 0.00731. The third-order valence-electron chi connectivity index (χ3n) is 4.56. The van der Waals surface area contributed by atoms with Crippen LogP contribution in [0.25, 0.3) is 16.8 Å². The van der Waals surface area contributed by atoms with E-state index in [1.54, 1.807) is 37.5 Å². The number of amides is 2. The highest BCUT2D eigenvalue weighted by Crippen LogP contribution is 2.31. The van der Waals surface area contributed by atoms with Crippen LogP contribution in [0.4, 0.5) is 5.69 Å². The molecule has 0 aliphatic carbocycles. The summed E-state index contributed by atoms with van der Waals surface area (Å²) in [5.74, 6) is -0.432. The molecule has 0 aromatic heterocycles. The van der Waals surface area contributed by atoms with Gasteiger partial charge in [0.05, 0.1) is 12.8 Å². The Kier molecular flexibility index (Phi) is 4.63. The van der Waals surface area contributed by atoms with Crippen molar-refractivity contribution in [3.8, 4) is 5.75 Å². The molecular weight excluding hydrogens is 372 g/mol. The van der Waals surface area contributed by atoms with E-state index in [2.05, 4.69) is 5.32 Å². The number of fused-ring (bicyclic) bond motifs is 1. The number of hydrogen-bond acceptors (Lipinski definition) is 4. The summed E-state index contributed by atoms with van der Waals surface area (Å²) in [6, 6.07) is 20.5. The molecule has 1 aliphatic heterocycles. The second kappa shape index (κ2) is 7.25. The highest BCUT2D eigenvalue weighted by molar-refractivity contribution is 7.80. The summed E-state index contributed by atoms with van der Waals surface area (Å²) in [4.78, 5) is 27.1. The molecule has 1 N–H and O–H groups in total. The van der Waals surface area contributed by atoms with Crippen molar-refractivity contribution >= 4 is 51.7 Å². The molecule has 1 aliphatic rings. The van der Waals surface area contributed by atoms with Crippen molar-refractivity contribution in [3.05, 3.63) is 77.9 Å². The van der Waals surface area contributed by atoms with Crippen molar-refractivity contribution in [1.82, 2.24) is 5.32 Å². The maximum absolute atomic E-state index is 13.2. The van der Waals surface area contributed by atoms with Crippen LogP contribution >= 0.6 is 12.2 Å². The zero-order chi connectivity index (χ0) is 19.7. The van der Waals surface area contributed by atoms with Crippen molar-refractivity contribution in [3.63, 3.8) is 0 Å². The van der Waals surface area contributed by atoms with Crippen LogP contribution in [0, 0.1) is 0 Å². The first-order chi connectivity index (χ1) is 13.6. The van der Waals surface area contributed by atoms with Crippen LogP contribution in [0.3, 0.4) is 0 Å². The zero-order valence-corrected chi connectivity index (χ0v) is 15.8. The number of carbonyl (C=O) groups excluding carboxylic acids is 2. The quantitative estimate of drug-likeness (QED) is 0.422. The average molecular weight is 388 g/mol. The molecular formula is C22H16N2O3S. The van der Waals surface area contributed by atoms with Crippen LogP contribution in [-0.4, -0.2) is 24.0 Å². The van der Waals surface area contributed by atoms with Gasteiger partial charge in [0.15, 0.2) is 5.11 Å². The van der Waals surface area contributed by atoms with Crippen molar-refractivity contribution in [2.75, 3.05) is 12.0 Å². The van der Waals surface area contributed by atoms with Gasteiger partial charge in [0.25, 0.3) is 11.8 Å². The highest BCUT2D eigenvalue weighted by atomic mass is 32.1. The zero-order valence-electron chi connectivity index (χ0n) is 15.0. The smallest absolute Gasteiger partial charge is 0.270 e. The molecule has 138 valence electrons. The Balaban J connectivity index is 1.87. The van der Waals surface area contributed by atoms with Crippen LogP contribution in [0.15, 0.2) is 72.3 Å². The Morgan fingerprint density at radius 1 is 0.964 bits per heavy atom. The van der Waals surface area contributed by atoms with Gasteiger partial charge < -0.3 is 4.74 Å². The summed E-state index contributed by atoms with van der Waals surface area (Å²) >= 11 is 5.23. The summed E-state index contributed by atoms with van der Waals surface area (Å²) in [7, 11) is 1.56. The van der Waals surface area contributed by atoms with Crippen molar-refractivity contribution in [1.29, 1.82) is 0 Å². The van der Waals surface area contributed by atoms with Gasteiger partial charge in [-0.15, -0.1) is 0 Å². The predicted molar refractivity (Wildman–Crippen MR) is 113 cm³/mol. The van der Waals surface area contributed by atoms with Gasteiger partial charge in [-0.05, 0) is 47.3 Å². The number of hydrogen-bond donors (Lipinski definition) is 1. The molecule has 3 aromatic carbocycles. The number of nitrogens with zero attached hydrogens (tertiary/aromatic N) is 1. The Morgan fingerprint density at radius 3 is 2.43 bits per heavy atom. The van der Waals surface area contributed by atoms with Gasteiger partial charge in [-0.25, -0.2) is 0 Å². The van der Waals surface area contributed by atoms with E-state index in [1.807, 2.05) is 42.5 Å². The Labute approximate surface area is 167 Å². The Hall–Kier alpha value is -3.51. The number of methoxy groups -OCH3 is 1. The minimum Gasteiger partial charge on any atom is -0.496 e. The van der Waals surface area contributed by atoms with Crippen molar-refractivity contribution in [2.45, 2.75) is 0 Å². The van der Waals surface area contributed by atoms with E-state index < -0.39 is 11.8 Å². The molecule has 0 radical (unpaired) electrons. The molecule has 0 saturated carbocycles. The molecule has 1 saturated heterocycles. The number of carbonyl (C=O) groups is 2. The Morgan fingerprint density at radius 2 is 1.68 bits per heavy atom. The number of ether oxygens (including phenoxy) is 1. The van der Waals surface area contributed by atoms with E-state index in [-0.39, 0.29) is 10.7 Å². The maximum atomic E-state index is 13.2. The van der Waals surface area contributed by atoms with Gasteiger partial charge in [0.2, 0.25) is 0 Å². The monoisotopic (exact) mass is 388 g/mol. The third-order valence-corrected chi connectivity index (χ3v) is 4.84. The fraction of sp³-hybridized carbons (Fsp3) is 0.0455. The second-order valence-electron chi connectivity index (χ2n) is 6.20. The lowest BCUT2D eigenvalue weighted by atomic mass is 9.99. The molecule has 3 aromatic rings. The molecule has 0 unspecified atom stereocenters. The van der Waals surface area contributed by atoms with E-state index in [0.717, 1.165) is 10.8 Å². The van der Waals surface area contributed by atoms with Gasteiger partial charge in [0.1, 0.15) is 11.3 Å². The van der Waals surface area contributed by atoms with E-state index in [9.17, 15) is 9.59 Å². The lowest BCUT2D eigenvalue weighted by molar-refractivity contribution is -0.122. The second-order valence-corrected chi connectivity index (χ2v) is 6.58. The predicted octanol–water partition coefficient (Wildman–Crippen LogP) is 3.68. The van der Waals surface area contributed by atoms with Gasteiger partial charge in [0, 0.05) is 5.56 Å². The molecule has 0 spiro atoms. The van der Waals surface area contributed by atoms with Crippen LogP contribution in [0.1, 0.15) is 5.56 Å². The first-order valence-electron chi connectivity index (χ1n) is 8.62. The van der Waals surface area contributed by atoms with E-state index in [1.165, 1.54) is 4.90 Å². The summed E-state index contributed by atoms with van der Waals surface area (Å²) in [5.41, 5.74) is 1.25. The number of para-hydroxylation sites is 1. The normalized spacial score (nSPS) is 15.8.